The fourth-order valence-electron chi connectivity index (χ4n) is 2.29. The average molecular weight is 299 g/mol. The van der Waals surface area contributed by atoms with Crippen LogP contribution in [0.1, 0.15) is 22.9 Å². The number of nitrogens with zero attached hydrogens (tertiary/aromatic N) is 2. The van der Waals surface area contributed by atoms with Gasteiger partial charge in [0.05, 0.1) is 24.5 Å². The fraction of sp³-hybridized carbons (Fsp3) is 0.357. The van der Waals surface area contributed by atoms with E-state index in [1.54, 1.807) is 18.7 Å². The lowest BCUT2D eigenvalue weighted by atomic mass is 10.0. The maximum absolute atomic E-state index is 13.7. The van der Waals surface area contributed by atoms with Crippen LogP contribution in [0.3, 0.4) is 0 Å². The third kappa shape index (κ3) is 2.78. The van der Waals surface area contributed by atoms with Crippen molar-refractivity contribution in [1.82, 2.24) is 9.78 Å². The van der Waals surface area contributed by atoms with E-state index in [2.05, 4.69) is 5.10 Å². The molecule has 1 atom stereocenters. The van der Waals surface area contributed by atoms with Crippen molar-refractivity contribution >= 4 is 11.6 Å². The van der Waals surface area contributed by atoms with Crippen LogP contribution in [0.2, 0.25) is 5.02 Å². The molecule has 2 aromatic rings. The minimum absolute atomic E-state index is 0.106. The van der Waals surface area contributed by atoms with Crippen molar-refractivity contribution in [2.24, 2.45) is 7.05 Å². The molecule has 20 heavy (non-hydrogen) atoms. The van der Waals surface area contributed by atoms with Gasteiger partial charge in [0.25, 0.3) is 0 Å². The van der Waals surface area contributed by atoms with E-state index in [-0.39, 0.29) is 6.42 Å². The first-order chi connectivity index (χ1) is 9.43. The number of rotatable bonds is 4. The molecule has 0 spiro atoms. The largest absolute Gasteiger partial charge is 0.481 e. The van der Waals surface area contributed by atoms with Gasteiger partial charge in [-0.3, -0.25) is 0 Å². The molecule has 6 heteroatoms. The second kappa shape index (κ2) is 5.81. The molecule has 1 heterocycles. The lowest BCUT2D eigenvalue weighted by Crippen LogP contribution is -2.06. The maximum atomic E-state index is 13.7. The van der Waals surface area contributed by atoms with Gasteiger partial charge >= 0.3 is 0 Å². The van der Waals surface area contributed by atoms with Crippen molar-refractivity contribution in [2.75, 3.05) is 7.11 Å². The summed E-state index contributed by atoms with van der Waals surface area (Å²) in [7, 11) is 3.23. The number of aliphatic hydroxyl groups excluding tert-OH is 1. The second-order valence-electron chi connectivity index (χ2n) is 4.59. The molecule has 4 nitrogen and oxygen atoms in total. The lowest BCUT2D eigenvalue weighted by Gasteiger charge is -2.13. The zero-order valence-electron chi connectivity index (χ0n) is 11.5. The summed E-state index contributed by atoms with van der Waals surface area (Å²) in [5.74, 6) is 0.0754. The van der Waals surface area contributed by atoms with Gasteiger partial charge in [-0.25, -0.2) is 9.07 Å². The molecule has 1 aromatic carbocycles. The van der Waals surface area contributed by atoms with E-state index in [1.807, 2.05) is 0 Å². The Morgan fingerprint density at radius 3 is 2.85 bits per heavy atom. The summed E-state index contributed by atoms with van der Waals surface area (Å²) >= 11 is 5.85. The minimum Gasteiger partial charge on any atom is -0.481 e. The van der Waals surface area contributed by atoms with Crippen molar-refractivity contribution < 1.29 is 14.2 Å². The molecular weight excluding hydrogens is 283 g/mol. The van der Waals surface area contributed by atoms with Crippen LogP contribution in [0.5, 0.6) is 5.88 Å². The molecule has 0 saturated carbocycles. The predicted octanol–water partition coefficient (Wildman–Crippen LogP) is 2.81. The number of ether oxygens (including phenoxy) is 1. The van der Waals surface area contributed by atoms with E-state index in [0.29, 0.717) is 27.7 Å². The van der Waals surface area contributed by atoms with Crippen molar-refractivity contribution in [3.8, 4) is 5.88 Å². The van der Waals surface area contributed by atoms with Gasteiger partial charge in [0, 0.05) is 18.5 Å². The SMILES string of the molecule is COc1c(C(O)Cc2cc(Cl)ccc2F)c(C)nn1C. The molecule has 0 aliphatic rings. The second-order valence-corrected chi connectivity index (χ2v) is 5.02. The van der Waals surface area contributed by atoms with E-state index in [1.165, 1.54) is 25.3 Å². The van der Waals surface area contributed by atoms with Crippen molar-refractivity contribution in [3.63, 3.8) is 0 Å². The third-order valence-corrected chi connectivity index (χ3v) is 3.40. The van der Waals surface area contributed by atoms with Crippen LogP contribution in [0, 0.1) is 12.7 Å². The molecule has 1 unspecified atom stereocenters. The van der Waals surface area contributed by atoms with Crippen LogP contribution in [-0.4, -0.2) is 22.0 Å². The maximum Gasteiger partial charge on any atom is 0.217 e. The van der Waals surface area contributed by atoms with Gasteiger partial charge < -0.3 is 9.84 Å². The molecule has 2 rings (SSSR count). The normalized spacial score (nSPS) is 12.5. The highest BCUT2D eigenvalue weighted by Crippen LogP contribution is 2.31. The van der Waals surface area contributed by atoms with Gasteiger partial charge in [-0.1, -0.05) is 11.6 Å². The highest BCUT2D eigenvalue weighted by molar-refractivity contribution is 6.30. The average Bonchev–Trinajstić information content (AvgIpc) is 2.68. The van der Waals surface area contributed by atoms with Crippen molar-refractivity contribution in [2.45, 2.75) is 19.4 Å². The summed E-state index contributed by atoms with van der Waals surface area (Å²) in [6.45, 7) is 1.77. The Morgan fingerprint density at radius 1 is 1.50 bits per heavy atom. The minimum atomic E-state index is -0.911. The van der Waals surface area contributed by atoms with Crippen molar-refractivity contribution in [3.05, 3.63) is 45.9 Å². The molecule has 0 amide bonds. The van der Waals surface area contributed by atoms with Crippen LogP contribution in [0.4, 0.5) is 4.39 Å². The Kier molecular flexibility index (Phi) is 4.30. The Morgan fingerprint density at radius 2 is 2.20 bits per heavy atom. The first-order valence-corrected chi connectivity index (χ1v) is 6.51. The van der Waals surface area contributed by atoms with Crippen LogP contribution in [0.15, 0.2) is 18.2 Å². The summed E-state index contributed by atoms with van der Waals surface area (Å²) in [5.41, 5.74) is 1.57. The lowest BCUT2D eigenvalue weighted by molar-refractivity contribution is 0.171. The highest BCUT2D eigenvalue weighted by Gasteiger charge is 2.22. The number of aromatic nitrogens is 2. The number of benzene rings is 1. The van der Waals surface area contributed by atoms with Gasteiger partial charge in [0.15, 0.2) is 0 Å². The van der Waals surface area contributed by atoms with Crippen LogP contribution >= 0.6 is 11.6 Å². The molecule has 0 fully saturated rings. The standard InChI is InChI=1S/C14H16ClFN2O2/c1-8-13(14(20-3)18(2)17-8)12(19)7-9-6-10(15)4-5-11(9)16/h4-6,12,19H,7H2,1-3H3. The Bertz CT molecular complexity index is 628. The summed E-state index contributed by atoms with van der Waals surface area (Å²) in [4.78, 5) is 0. The summed E-state index contributed by atoms with van der Waals surface area (Å²) in [6.07, 6.45) is -0.804. The van der Waals surface area contributed by atoms with Gasteiger partial charge in [-0.2, -0.15) is 5.10 Å². The Hall–Kier alpha value is -1.59. The van der Waals surface area contributed by atoms with E-state index < -0.39 is 11.9 Å². The first-order valence-electron chi connectivity index (χ1n) is 6.13. The summed E-state index contributed by atoms with van der Waals surface area (Å²) in [6, 6.07) is 4.28. The molecule has 1 N–H and O–H groups in total. The smallest absolute Gasteiger partial charge is 0.217 e. The number of halogens is 2. The predicted molar refractivity (Wildman–Crippen MR) is 74.6 cm³/mol. The zero-order valence-corrected chi connectivity index (χ0v) is 12.3. The number of hydrogen-bond donors (Lipinski definition) is 1. The van der Waals surface area contributed by atoms with E-state index in [4.69, 9.17) is 16.3 Å². The van der Waals surface area contributed by atoms with Crippen LogP contribution in [-0.2, 0) is 13.5 Å². The molecular formula is C14H16ClFN2O2. The fourth-order valence-corrected chi connectivity index (χ4v) is 2.48. The van der Waals surface area contributed by atoms with Gasteiger partial charge in [0.1, 0.15) is 5.82 Å². The van der Waals surface area contributed by atoms with E-state index in [0.717, 1.165) is 0 Å². The first kappa shape index (κ1) is 14.8. The highest BCUT2D eigenvalue weighted by atomic mass is 35.5. The molecule has 0 aliphatic heterocycles. The van der Waals surface area contributed by atoms with E-state index in [9.17, 15) is 9.50 Å². The van der Waals surface area contributed by atoms with Crippen LogP contribution < -0.4 is 4.74 Å². The quantitative estimate of drug-likeness (QED) is 0.944. The molecule has 0 bridgehead atoms. The topological polar surface area (TPSA) is 47.3 Å². The summed E-state index contributed by atoms with van der Waals surface area (Å²) < 4.78 is 20.5. The van der Waals surface area contributed by atoms with Crippen molar-refractivity contribution in [1.29, 1.82) is 0 Å². The third-order valence-electron chi connectivity index (χ3n) is 3.16. The number of aryl methyl sites for hydroxylation is 2. The monoisotopic (exact) mass is 298 g/mol. The summed E-state index contributed by atoms with van der Waals surface area (Å²) in [5, 5.41) is 15.0. The van der Waals surface area contributed by atoms with Crippen LogP contribution in [0.25, 0.3) is 0 Å². The molecule has 108 valence electrons. The van der Waals surface area contributed by atoms with E-state index >= 15 is 0 Å². The molecule has 0 radical (unpaired) electrons. The molecule has 1 aromatic heterocycles. The van der Waals surface area contributed by atoms with Gasteiger partial charge in [0.2, 0.25) is 5.88 Å². The molecule has 0 aliphatic carbocycles. The number of hydrogen-bond acceptors (Lipinski definition) is 3. The van der Waals surface area contributed by atoms with Gasteiger partial charge in [-0.15, -0.1) is 0 Å². The van der Waals surface area contributed by atoms with Gasteiger partial charge in [-0.05, 0) is 30.7 Å². The zero-order chi connectivity index (χ0) is 14.9. The Balaban J connectivity index is 2.33. The molecule has 0 saturated heterocycles. The number of methoxy groups -OCH3 is 1. The number of aliphatic hydroxyl groups is 1. The Labute approximate surface area is 121 Å².